The van der Waals surface area contributed by atoms with E-state index in [1.165, 1.54) is 0 Å². The third-order valence-corrected chi connectivity index (χ3v) is 12.1. The lowest BCUT2D eigenvalue weighted by molar-refractivity contribution is 0.0157. The van der Waals surface area contributed by atoms with E-state index in [-0.39, 0.29) is 41.2 Å². The Bertz CT molecular complexity index is 2340. The quantitative estimate of drug-likeness (QED) is 0.174. The van der Waals surface area contributed by atoms with Crippen molar-refractivity contribution in [2.75, 3.05) is 67.7 Å². The summed E-state index contributed by atoms with van der Waals surface area (Å²) in [5, 5.41) is 21.5. The Morgan fingerprint density at radius 1 is 0.724 bits per heavy atom. The molecule has 0 aromatic heterocycles. The minimum Gasteiger partial charge on any atom is -0.494 e. The van der Waals surface area contributed by atoms with Gasteiger partial charge in [-0.3, -0.25) is 9.98 Å². The molecule has 4 aromatic carbocycles. The van der Waals surface area contributed by atoms with Gasteiger partial charge in [0.15, 0.2) is 11.5 Å². The van der Waals surface area contributed by atoms with Crippen molar-refractivity contribution in [2.45, 2.75) is 50.3 Å². The summed E-state index contributed by atoms with van der Waals surface area (Å²) in [6.07, 6.45) is 0.568. The minimum atomic E-state index is -1.10. The Hall–Kier alpha value is -5.56. The second kappa shape index (κ2) is 16.0. The molecule has 0 spiro atoms. The fourth-order valence-corrected chi connectivity index (χ4v) is 9.45. The molecular weight excluding hydrogens is 737 g/mol. The lowest BCUT2D eigenvalue weighted by atomic mass is 9.76. The number of carboxylic acid groups (broad SMARTS) is 2. The Kier molecular flexibility index (Phi) is 10.8. The van der Waals surface area contributed by atoms with Gasteiger partial charge in [0, 0.05) is 60.8 Å². The van der Waals surface area contributed by atoms with E-state index in [9.17, 15) is 19.8 Å². The molecule has 0 amide bonds. The zero-order valence-corrected chi connectivity index (χ0v) is 33.8. The van der Waals surface area contributed by atoms with Crippen LogP contribution in [-0.2, 0) is 4.74 Å². The number of carboxylic acids is 2. The largest absolute Gasteiger partial charge is 0.494 e. The summed E-state index contributed by atoms with van der Waals surface area (Å²) in [4.78, 5) is 41.5. The number of likely N-dealkylation sites (N-methyl/N-ethyl adjacent to an activating group) is 2. The normalized spacial score (nSPS) is 22.7. The first-order chi connectivity index (χ1) is 28.0. The molecule has 0 saturated carbocycles. The van der Waals surface area contributed by atoms with Crippen LogP contribution in [0.3, 0.4) is 0 Å². The fourth-order valence-electron chi connectivity index (χ4n) is 9.45. The number of aromatic carboxylic acids is 2. The first kappa shape index (κ1) is 39.3. The molecule has 5 atom stereocenters. The van der Waals surface area contributed by atoms with Crippen LogP contribution in [0.1, 0.15) is 86.2 Å². The summed E-state index contributed by atoms with van der Waals surface area (Å²) in [5.41, 5.74) is 7.05. The van der Waals surface area contributed by atoms with Crippen LogP contribution < -0.4 is 14.2 Å². The molecular formula is C46H50N4O8. The van der Waals surface area contributed by atoms with Gasteiger partial charge in [-0.15, -0.1) is 0 Å². The van der Waals surface area contributed by atoms with E-state index in [1.807, 2.05) is 50.2 Å². The van der Waals surface area contributed by atoms with Crippen molar-refractivity contribution in [1.82, 2.24) is 9.80 Å². The van der Waals surface area contributed by atoms with Crippen molar-refractivity contribution in [2.24, 2.45) is 9.98 Å². The number of benzene rings is 4. The van der Waals surface area contributed by atoms with Crippen molar-refractivity contribution in [3.8, 4) is 28.4 Å². The number of methoxy groups -OCH3 is 2. The molecule has 0 radical (unpaired) electrons. The summed E-state index contributed by atoms with van der Waals surface area (Å²) in [7, 11) is 7.46. The van der Waals surface area contributed by atoms with E-state index in [0.29, 0.717) is 64.9 Å². The van der Waals surface area contributed by atoms with Crippen LogP contribution in [0, 0.1) is 0 Å². The average molecular weight is 787 g/mol. The van der Waals surface area contributed by atoms with Crippen molar-refractivity contribution >= 4 is 23.4 Å². The fraction of sp³-hybridized carbons (Fsp3) is 0.391. The predicted octanol–water partition coefficient (Wildman–Crippen LogP) is 6.46. The summed E-state index contributed by atoms with van der Waals surface area (Å²) >= 11 is 0. The maximum absolute atomic E-state index is 13.2. The van der Waals surface area contributed by atoms with E-state index in [2.05, 4.69) is 30.0 Å². The molecule has 12 nitrogen and oxygen atoms in total. The van der Waals surface area contributed by atoms with Crippen molar-refractivity contribution in [1.29, 1.82) is 0 Å². The molecule has 3 unspecified atom stereocenters. The third kappa shape index (κ3) is 6.92. The number of aliphatic imine (C=N–C) groups is 2. The summed E-state index contributed by atoms with van der Waals surface area (Å²) in [5.74, 6) is -0.245. The zero-order valence-electron chi connectivity index (χ0n) is 33.8. The molecule has 2 fully saturated rings. The van der Waals surface area contributed by atoms with E-state index in [1.54, 1.807) is 38.5 Å². The highest BCUT2D eigenvalue weighted by molar-refractivity contribution is 6.23. The second-order valence-electron chi connectivity index (χ2n) is 15.6. The molecule has 4 aromatic rings. The van der Waals surface area contributed by atoms with Gasteiger partial charge in [0.05, 0.1) is 61.1 Å². The Morgan fingerprint density at radius 2 is 1.48 bits per heavy atom. The Morgan fingerprint density at radius 3 is 2.21 bits per heavy atom. The van der Waals surface area contributed by atoms with Gasteiger partial charge < -0.3 is 39.0 Å². The van der Waals surface area contributed by atoms with Gasteiger partial charge in [-0.05, 0) is 112 Å². The lowest BCUT2D eigenvalue weighted by Crippen LogP contribution is -2.51. The number of carbonyl (C=O) groups is 2. The summed E-state index contributed by atoms with van der Waals surface area (Å²) < 4.78 is 23.9. The van der Waals surface area contributed by atoms with Crippen molar-refractivity contribution < 1.29 is 38.7 Å². The Labute approximate surface area is 338 Å². The van der Waals surface area contributed by atoms with Gasteiger partial charge in [-0.2, -0.15) is 0 Å². The topological polar surface area (TPSA) is 143 Å². The molecule has 302 valence electrons. The van der Waals surface area contributed by atoms with E-state index in [4.69, 9.17) is 28.9 Å². The summed E-state index contributed by atoms with van der Waals surface area (Å²) in [6.45, 7) is 7.90. The number of fused-ring (bicyclic) bond motifs is 6. The molecule has 2 N–H and O–H groups in total. The smallest absolute Gasteiger partial charge is 0.336 e. The van der Waals surface area contributed by atoms with E-state index >= 15 is 0 Å². The highest BCUT2D eigenvalue weighted by Crippen LogP contribution is 2.45. The predicted molar refractivity (Wildman–Crippen MR) is 222 cm³/mol. The number of rotatable bonds is 11. The van der Waals surface area contributed by atoms with Crippen LogP contribution in [0.25, 0.3) is 11.1 Å². The van der Waals surface area contributed by atoms with Gasteiger partial charge in [-0.25, -0.2) is 9.59 Å². The first-order valence-corrected chi connectivity index (χ1v) is 20.0. The van der Waals surface area contributed by atoms with Crippen LogP contribution in [-0.4, -0.2) is 129 Å². The van der Waals surface area contributed by atoms with Gasteiger partial charge >= 0.3 is 11.9 Å². The van der Waals surface area contributed by atoms with Crippen LogP contribution in [0.2, 0.25) is 0 Å². The highest BCUT2D eigenvalue weighted by Gasteiger charge is 2.42. The maximum atomic E-state index is 13.2. The molecule has 8 rings (SSSR count). The lowest BCUT2D eigenvalue weighted by Gasteiger charge is -2.43. The second-order valence-corrected chi connectivity index (χ2v) is 15.6. The number of likely N-dealkylation sites (tertiary alicyclic amines) is 2. The van der Waals surface area contributed by atoms with E-state index < -0.39 is 11.9 Å². The minimum absolute atomic E-state index is 0.00816. The molecule has 58 heavy (non-hydrogen) atoms. The summed E-state index contributed by atoms with van der Waals surface area (Å²) in [6, 6.07) is 19.9. The molecule has 4 aliphatic heterocycles. The first-order valence-electron chi connectivity index (χ1n) is 20.0. The van der Waals surface area contributed by atoms with Crippen LogP contribution in [0.4, 0.5) is 0 Å². The Balaban J connectivity index is 1.35. The number of piperidine rings is 2. The van der Waals surface area contributed by atoms with Gasteiger partial charge in [0.25, 0.3) is 0 Å². The number of ether oxygens (including phenoxy) is 4. The van der Waals surface area contributed by atoms with Crippen molar-refractivity contribution in [3.63, 3.8) is 0 Å². The highest BCUT2D eigenvalue weighted by atomic mass is 16.5. The number of nitrogens with zero attached hydrogens (tertiary/aromatic N) is 4. The molecule has 2 saturated heterocycles. The zero-order chi connectivity index (χ0) is 40.8. The average Bonchev–Trinajstić information content (AvgIpc) is 3.22. The number of hydrogen-bond donors (Lipinski definition) is 2. The molecule has 0 aliphatic carbocycles. The van der Waals surface area contributed by atoms with Crippen molar-refractivity contribution in [3.05, 3.63) is 111 Å². The number of hydrogen-bond acceptors (Lipinski definition) is 10. The van der Waals surface area contributed by atoms with E-state index in [0.717, 1.165) is 54.1 Å². The van der Waals surface area contributed by atoms with Crippen LogP contribution in [0.5, 0.6) is 17.2 Å². The van der Waals surface area contributed by atoms with Gasteiger partial charge in [0.1, 0.15) is 5.75 Å². The third-order valence-electron chi connectivity index (χ3n) is 12.1. The van der Waals surface area contributed by atoms with Crippen LogP contribution in [0.15, 0.2) is 76.7 Å². The SMILES string of the molecule is CCOc1ccc2c(c1)[C@H]1CN(C)CC(OC)[C@@H]1N=C2c1cc(-c2cccc(C(=O)O)c2C2=NC3CCN(C)CC3c3cc(OCC)c(OC)cc32)ccc1C(=O)O. The maximum Gasteiger partial charge on any atom is 0.336 e. The van der Waals surface area contributed by atoms with Gasteiger partial charge in [0.2, 0.25) is 0 Å². The molecule has 4 aliphatic rings. The van der Waals surface area contributed by atoms with Gasteiger partial charge in [-0.1, -0.05) is 18.2 Å². The van der Waals surface area contributed by atoms with Crippen LogP contribution >= 0.6 is 0 Å². The molecule has 12 heteroatoms. The molecule has 0 bridgehead atoms. The molecule has 4 heterocycles. The standard InChI is InChI=1S/C46H50N4O8/c1-7-57-26-13-15-28-31(19-26)36-23-50(4)24-40(56-6)43(36)48-42(28)33-18-25(12-14-29(33)45(51)52)27-10-9-11-30(46(53)54)41(27)44-34-21-38(55-5)39(58-8-2)20-32(34)35-22-49(3)17-16-37(35)47-44/h9-15,18-21,35-37,40,43H,7-8,16-17,22-24H2,1-6H3,(H,51,52)(H,53,54)/t35?,36-,37?,40?,43-/m1/s1. The monoisotopic (exact) mass is 786 g/mol.